The monoisotopic (exact) mass is 239 g/mol. The lowest BCUT2D eigenvalue weighted by molar-refractivity contribution is -0.129. The van der Waals surface area contributed by atoms with Gasteiger partial charge in [0, 0.05) is 13.1 Å². The first-order valence-electron chi connectivity index (χ1n) is 5.44. The highest BCUT2D eigenvalue weighted by Gasteiger charge is 2.14. The van der Waals surface area contributed by atoms with Crippen LogP contribution in [0.5, 0.6) is 0 Å². The number of H-pyrrole nitrogens is 1. The molecule has 0 saturated carbocycles. The fourth-order valence-corrected chi connectivity index (χ4v) is 1.41. The van der Waals surface area contributed by atoms with Gasteiger partial charge in [0.2, 0.25) is 5.91 Å². The molecule has 1 heterocycles. The lowest BCUT2D eigenvalue weighted by Crippen LogP contribution is -2.40. The van der Waals surface area contributed by atoms with E-state index in [4.69, 9.17) is 5.73 Å². The Morgan fingerprint density at radius 3 is 2.59 bits per heavy atom. The minimum atomic E-state index is -0.430. The number of nitrogen functional groups attached to an aromatic ring is 1. The van der Waals surface area contributed by atoms with E-state index in [0.29, 0.717) is 13.1 Å². The summed E-state index contributed by atoms with van der Waals surface area (Å²) >= 11 is 0. The van der Waals surface area contributed by atoms with E-state index in [1.165, 1.54) is 6.20 Å². The zero-order chi connectivity index (χ0) is 12.8. The van der Waals surface area contributed by atoms with Crippen LogP contribution in [0, 0.1) is 0 Å². The summed E-state index contributed by atoms with van der Waals surface area (Å²) < 4.78 is 0. The van der Waals surface area contributed by atoms with Gasteiger partial charge in [-0.3, -0.25) is 14.7 Å². The lowest BCUT2D eigenvalue weighted by Gasteiger charge is -2.18. The second-order valence-corrected chi connectivity index (χ2v) is 3.45. The first kappa shape index (κ1) is 13.0. The van der Waals surface area contributed by atoms with Crippen molar-refractivity contribution in [2.45, 2.75) is 13.8 Å². The van der Waals surface area contributed by atoms with Crippen molar-refractivity contribution in [3.63, 3.8) is 0 Å². The molecule has 0 radical (unpaired) electrons. The third-order valence-corrected chi connectivity index (χ3v) is 2.41. The van der Waals surface area contributed by atoms with Gasteiger partial charge in [0.1, 0.15) is 5.69 Å². The van der Waals surface area contributed by atoms with E-state index in [-0.39, 0.29) is 23.8 Å². The molecule has 7 nitrogen and oxygen atoms in total. The maximum atomic E-state index is 11.6. The molecule has 0 fully saturated rings. The molecule has 0 aliphatic heterocycles. The van der Waals surface area contributed by atoms with Crippen LogP contribution in [0.1, 0.15) is 24.3 Å². The number of likely N-dealkylation sites (N-methyl/N-ethyl adjacent to an activating group) is 1. The number of aromatic nitrogens is 2. The molecule has 1 rings (SSSR count). The Hall–Kier alpha value is -2.05. The number of carbonyl (C=O) groups is 2. The van der Waals surface area contributed by atoms with Crippen LogP contribution < -0.4 is 11.1 Å². The van der Waals surface area contributed by atoms with Gasteiger partial charge in [0.25, 0.3) is 5.91 Å². The van der Waals surface area contributed by atoms with E-state index in [9.17, 15) is 9.59 Å². The van der Waals surface area contributed by atoms with E-state index in [0.717, 1.165) is 0 Å². The predicted octanol–water partition coefficient (Wildman–Crippen LogP) is -0.410. The van der Waals surface area contributed by atoms with E-state index >= 15 is 0 Å². The first-order valence-corrected chi connectivity index (χ1v) is 5.44. The number of anilines is 1. The van der Waals surface area contributed by atoms with Crippen LogP contribution in [0.2, 0.25) is 0 Å². The van der Waals surface area contributed by atoms with E-state index in [2.05, 4.69) is 15.5 Å². The Balaban J connectivity index is 2.49. The SMILES string of the molecule is CCN(CC)C(=O)CNC(=O)c1[nH]ncc1N. The first-order chi connectivity index (χ1) is 8.10. The molecule has 0 aliphatic rings. The van der Waals surface area contributed by atoms with Crippen LogP contribution >= 0.6 is 0 Å². The average molecular weight is 239 g/mol. The summed E-state index contributed by atoms with van der Waals surface area (Å²) in [6.45, 7) is 4.97. The molecule has 7 heteroatoms. The van der Waals surface area contributed by atoms with Crippen molar-refractivity contribution in [3.05, 3.63) is 11.9 Å². The maximum absolute atomic E-state index is 11.6. The van der Waals surface area contributed by atoms with Gasteiger partial charge in [-0.05, 0) is 13.8 Å². The highest BCUT2D eigenvalue weighted by molar-refractivity contribution is 5.98. The molecule has 1 aromatic rings. The molecule has 4 N–H and O–H groups in total. The van der Waals surface area contributed by atoms with Gasteiger partial charge in [0.05, 0.1) is 18.4 Å². The zero-order valence-corrected chi connectivity index (χ0v) is 9.99. The molecule has 0 saturated heterocycles. The second-order valence-electron chi connectivity index (χ2n) is 3.45. The summed E-state index contributed by atoms with van der Waals surface area (Å²) in [5.74, 6) is -0.554. The Morgan fingerprint density at radius 1 is 1.47 bits per heavy atom. The highest BCUT2D eigenvalue weighted by Crippen LogP contribution is 2.04. The van der Waals surface area contributed by atoms with Gasteiger partial charge in [0.15, 0.2) is 0 Å². The molecule has 0 aliphatic carbocycles. The number of rotatable bonds is 5. The summed E-state index contributed by atoms with van der Waals surface area (Å²) in [7, 11) is 0. The number of hydrogen-bond acceptors (Lipinski definition) is 4. The van der Waals surface area contributed by atoms with Gasteiger partial charge >= 0.3 is 0 Å². The van der Waals surface area contributed by atoms with Gasteiger partial charge in [-0.2, -0.15) is 5.10 Å². The largest absolute Gasteiger partial charge is 0.396 e. The molecule has 0 spiro atoms. The van der Waals surface area contributed by atoms with Crippen LogP contribution in [0.3, 0.4) is 0 Å². The average Bonchev–Trinajstić information content (AvgIpc) is 2.74. The van der Waals surface area contributed by atoms with Crippen LogP contribution in [0.4, 0.5) is 5.69 Å². The van der Waals surface area contributed by atoms with Crippen molar-refractivity contribution in [3.8, 4) is 0 Å². The number of amides is 2. The maximum Gasteiger partial charge on any atom is 0.271 e. The third kappa shape index (κ3) is 3.20. The molecule has 0 bridgehead atoms. The molecule has 2 amide bonds. The normalized spacial score (nSPS) is 10.0. The fraction of sp³-hybridized carbons (Fsp3) is 0.500. The molecule has 0 unspecified atom stereocenters. The Labute approximate surface area is 99.4 Å². The fourth-order valence-electron chi connectivity index (χ4n) is 1.41. The van der Waals surface area contributed by atoms with Gasteiger partial charge in [-0.15, -0.1) is 0 Å². The number of aromatic amines is 1. The number of nitrogens with one attached hydrogen (secondary N) is 2. The van der Waals surface area contributed by atoms with Gasteiger partial charge in [-0.1, -0.05) is 0 Å². The van der Waals surface area contributed by atoms with Crippen molar-refractivity contribution in [2.75, 3.05) is 25.4 Å². The molecule has 1 aromatic heterocycles. The smallest absolute Gasteiger partial charge is 0.271 e. The second kappa shape index (κ2) is 5.88. The molecule has 17 heavy (non-hydrogen) atoms. The van der Waals surface area contributed by atoms with Crippen LogP contribution in [0.25, 0.3) is 0 Å². The van der Waals surface area contributed by atoms with Gasteiger partial charge in [-0.25, -0.2) is 0 Å². The summed E-state index contributed by atoms with van der Waals surface area (Å²) in [5.41, 5.74) is 5.95. The molecule has 0 atom stereocenters. The van der Waals surface area contributed by atoms with Crippen LogP contribution in [-0.4, -0.2) is 46.5 Å². The summed E-state index contributed by atoms with van der Waals surface area (Å²) in [6.07, 6.45) is 1.35. The standard InChI is InChI=1S/C10H17N5O2/c1-3-15(4-2)8(16)6-12-10(17)9-7(11)5-13-14-9/h5H,3-4,6,11H2,1-2H3,(H,12,17)(H,13,14). The topological polar surface area (TPSA) is 104 Å². The number of nitrogens with two attached hydrogens (primary N) is 1. The molecule has 0 aromatic carbocycles. The highest BCUT2D eigenvalue weighted by atomic mass is 16.2. The quantitative estimate of drug-likeness (QED) is 0.649. The van der Waals surface area contributed by atoms with Gasteiger partial charge < -0.3 is 16.0 Å². The van der Waals surface area contributed by atoms with Crippen LogP contribution in [-0.2, 0) is 4.79 Å². The number of nitrogens with zero attached hydrogens (tertiary/aromatic N) is 2. The van der Waals surface area contributed by atoms with Crippen molar-refractivity contribution in [2.24, 2.45) is 0 Å². The number of carbonyl (C=O) groups excluding carboxylic acids is 2. The third-order valence-electron chi connectivity index (χ3n) is 2.41. The molecule has 94 valence electrons. The lowest BCUT2D eigenvalue weighted by atomic mass is 10.3. The van der Waals surface area contributed by atoms with E-state index in [1.807, 2.05) is 13.8 Å². The minimum absolute atomic E-state index is 0.0427. The molecular formula is C10H17N5O2. The zero-order valence-electron chi connectivity index (χ0n) is 9.99. The summed E-state index contributed by atoms with van der Waals surface area (Å²) in [5, 5.41) is 8.60. The summed E-state index contributed by atoms with van der Waals surface area (Å²) in [4.78, 5) is 24.9. The predicted molar refractivity (Wildman–Crippen MR) is 63.3 cm³/mol. The van der Waals surface area contributed by atoms with Crippen molar-refractivity contribution >= 4 is 17.5 Å². The number of hydrogen-bond donors (Lipinski definition) is 3. The Kier molecular flexibility index (Phi) is 4.50. The van der Waals surface area contributed by atoms with Crippen molar-refractivity contribution in [1.82, 2.24) is 20.4 Å². The summed E-state index contributed by atoms with van der Waals surface area (Å²) in [6, 6.07) is 0. The molecular weight excluding hydrogens is 222 g/mol. The Morgan fingerprint density at radius 2 is 2.12 bits per heavy atom. The van der Waals surface area contributed by atoms with Crippen molar-refractivity contribution in [1.29, 1.82) is 0 Å². The van der Waals surface area contributed by atoms with Crippen LogP contribution in [0.15, 0.2) is 6.20 Å². The Bertz CT molecular complexity index is 397. The van der Waals surface area contributed by atoms with E-state index < -0.39 is 5.91 Å². The van der Waals surface area contributed by atoms with Crippen molar-refractivity contribution < 1.29 is 9.59 Å². The van der Waals surface area contributed by atoms with E-state index in [1.54, 1.807) is 4.90 Å². The minimum Gasteiger partial charge on any atom is -0.396 e.